The van der Waals surface area contributed by atoms with Crippen LogP contribution in [0.1, 0.15) is 13.8 Å². The summed E-state index contributed by atoms with van der Waals surface area (Å²) in [6.45, 7) is 4.60. The van der Waals surface area contributed by atoms with Gasteiger partial charge in [-0.3, -0.25) is 4.55 Å². The molecule has 2 N–H and O–H groups in total. The van der Waals surface area contributed by atoms with Gasteiger partial charge in [0.25, 0.3) is 0 Å². The van der Waals surface area contributed by atoms with Gasteiger partial charge in [-0.15, -0.1) is 0 Å². The predicted molar refractivity (Wildman–Crippen MR) is 92.0 cm³/mol. The molecule has 23 heavy (non-hydrogen) atoms. The zero-order valence-corrected chi connectivity index (χ0v) is 13.9. The summed E-state index contributed by atoms with van der Waals surface area (Å²) in [6, 6.07) is 16.8. The van der Waals surface area contributed by atoms with Gasteiger partial charge in [0, 0.05) is 6.54 Å². The van der Waals surface area contributed by atoms with Gasteiger partial charge in [-0.05, 0) is 38.1 Å². The SMILES string of the molecule is CCN1c2ccccc2Nc2ccccc21.CCOS(=O)(=O)O. The van der Waals surface area contributed by atoms with Crippen LogP contribution in [0.4, 0.5) is 22.7 Å². The maximum Gasteiger partial charge on any atom is 0.397 e. The van der Waals surface area contributed by atoms with Crippen molar-refractivity contribution in [1.82, 2.24) is 0 Å². The van der Waals surface area contributed by atoms with E-state index < -0.39 is 10.4 Å². The molecule has 1 aliphatic heterocycles. The fourth-order valence-electron chi connectivity index (χ4n) is 2.39. The lowest BCUT2D eigenvalue weighted by molar-refractivity contribution is 0.283. The lowest BCUT2D eigenvalue weighted by Gasteiger charge is -2.32. The molecule has 2 aromatic carbocycles. The molecule has 0 unspecified atom stereocenters. The second-order valence-corrected chi connectivity index (χ2v) is 5.83. The van der Waals surface area contributed by atoms with Crippen molar-refractivity contribution >= 4 is 33.1 Å². The van der Waals surface area contributed by atoms with Gasteiger partial charge in [0.2, 0.25) is 0 Å². The van der Waals surface area contributed by atoms with E-state index >= 15 is 0 Å². The summed E-state index contributed by atoms with van der Waals surface area (Å²) >= 11 is 0. The summed E-state index contributed by atoms with van der Waals surface area (Å²) < 4.78 is 30.7. The highest BCUT2D eigenvalue weighted by Crippen LogP contribution is 2.42. The van der Waals surface area contributed by atoms with Gasteiger partial charge in [0.15, 0.2) is 0 Å². The largest absolute Gasteiger partial charge is 0.397 e. The van der Waals surface area contributed by atoms with Crippen LogP contribution < -0.4 is 10.2 Å². The number of rotatable bonds is 3. The molecule has 0 saturated heterocycles. The zero-order chi connectivity index (χ0) is 16.9. The predicted octanol–water partition coefficient (Wildman–Crippen LogP) is 3.73. The number of hydrogen-bond acceptors (Lipinski definition) is 5. The summed E-state index contributed by atoms with van der Waals surface area (Å²) in [5.41, 5.74) is 4.87. The van der Waals surface area contributed by atoms with E-state index in [1.165, 1.54) is 29.7 Å². The van der Waals surface area contributed by atoms with Crippen molar-refractivity contribution in [3.63, 3.8) is 0 Å². The van der Waals surface area contributed by atoms with E-state index in [1.807, 2.05) is 0 Å². The summed E-state index contributed by atoms with van der Waals surface area (Å²) in [4.78, 5) is 2.33. The van der Waals surface area contributed by atoms with Crippen molar-refractivity contribution in [1.29, 1.82) is 0 Å². The van der Waals surface area contributed by atoms with Gasteiger partial charge in [-0.25, -0.2) is 4.18 Å². The Morgan fingerprint density at radius 2 is 1.48 bits per heavy atom. The van der Waals surface area contributed by atoms with Crippen LogP contribution in [0.25, 0.3) is 0 Å². The minimum Gasteiger partial charge on any atom is -0.352 e. The first-order valence-electron chi connectivity index (χ1n) is 7.30. The van der Waals surface area contributed by atoms with E-state index in [1.54, 1.807) is 0 Å². The Kier molecular flexibility index (Phi) is 5.59. The van der Waals surface area contributed by atoms with E-state index in [9.17, 15) is 8.42 Å². The lowest BCUT2D eigenvalue weighted by Crippen LogP contribution is -2.21. The monoisotopic (exact) mass is 336 g/mol. The topological polar surface area (TPSA) is 78.9 Å². The minimum atomic E-state index is -4.17. The normalized spacial score (nSPS) is 12.4. The van der Waals surface area contributed by atoms with Gasteiger partial charge in [0.1, 0.15) is 0 Å². The van der Waals surface area contributed by atoms with Crippen molar-refractivity contribution < 1.29 is 17.2 Å². The van der Waals surface area contributed by atoms with Crippen LogP contribution in [0, 0.1) is 0 Å². The molecule has 0 bridgehead atoms. The van der Waals surface area contributed by atoms with Gasteiger partial charge < -0.3 is 10.2 Å². The molecule has 3 rings (SSSR count). The number of anilines is 4. The molecule has 0 aliphatic carbocycles. The standard InChI is InChI=1S/C14H14N2.C2H6O4S/c1-2-16-13-9-5-3-7-11(13)15-12-8-4-6-10-14(12)16;1-2-6-7(3,4)5/h3-10,15H,2H2,1H3;2H2,1H3,(H,3,4,5). The molecular weight excluding hydrogens is 316 g/mol. The van der Waals surface area contributed by atoms with Crippen molar-refractivity contribution in [3.05, 3.63) is 48.5 Å². The van der Waals surface area contributed by atoms with Crippen molar-refractivity contribution in [2.75, 3.05) is 23.4 Å². The first kappa shape index (κ1) is 17.3. The summed E-state index contributed by atoms with van der Waals surface area (Å²) in [6.07, 6.45) is 0. The lowest BCUT2D eigenvalue weighted by atomic mass is 10.1. The van der Waals surface area contributed by atoms with Gasteiger partial charge >= 0.3 is 10.4 Å². The van der Waals surface area contributed by atoms with Crippen LogP contribution in [-0.2, 0) is 14.6 Å². The van der Waals surface area contributed by atoms with Crippen LogP contribution in [-0.4, -0.2) is 26.1 Å². The Morgan fingerprint density at radius 1 is 1.00 bits per heavy atom. The Morgan fingerprint density at radius 3 is 1.83 bits per heavy atom. The number of fused-ring (bicyclic) bond motifs is 2. The fraction of sp³-hybridized carbons (Fsp3) is 0.250. The molecule has 0 fully saturated rings. The first-order chi connectivity index (χ1) is 11.0. The summed E-state index contributed by atoms with van der Waals surface area (Å²) in [5.74, 6) is 0. The molecule has 6 nitrogen and oxygen atoms in total. The van der Waals surface area contributed by atoms with Gasteiger partial charge in [0.05, 0.1) is 29.4 Å². The second-order valence-electron chi connectivity index (χ2n) is 4.74. The van der Waals surface area contributed by atoms with E-state index in [-0.39, 0.29) is 6.61 Å². The second kappa shape index (κ2) is 7.45. The van der Waals surface area contributed by atoms with E-state index in [0.717, 1.165) is 6.54 Å². The van der Waals surface area contributed by atoms with Crippen molar-refractivity contribution in [2.45, 2.75) is 13.8 Å². The van der Waals surface area contributed by atoms with Crippen molar-refractivity contribution in [2.24, 2.45) is 0 Å². The van der Waals surface area contributed by atoms with E-state index in [2.05, 4.69) is 69.9 Å². The van der Waals surface area contributed by atoms with Gasteiger partial charge in [-0.2, -0.15) is 8.42 Å². The molecule has 0 atom stereocenters. The molecule has 7 heteroatoms. The first-order valence-corrected chi connectivity index (χ1v) is 8.67. The van der Waals surface area contributed by atoms with Crippen LogP contribution in [0.3, 0.4) is 0 Å². The third-order valence-corrected chi connectivity index (χ3v) is 3.78. The molecule has 124 valence electrons. The Labute approximate surface area is 136 Å². The van der Waals surface area contributed by atoms with Crippen LogP contribution in [0.5, 0.6) is 0 Å². The van der Waals surface area contributed by atoms with Crippen molar-refractivity contribution in [3.8, 4) is 0 Å². The number of nitrogens with one attached hydrogen (secondary N) is 1. The van der Waals surface area contributed by atoms with Crippen LogP contribution in [0.2, 0.25) is 0 Å². The molecule has 2 aromatic rings. The highest BCUT2D eigenvalue weighted by atomic mass is 32.3. The Balaban J connectivity index is 0.000000236. The Hall–Kier alpha value is -2.09. The third-order valence-electron chi connectivity index (χ3n) is 3.24. The fourth-order valence-corrected chi connectivity index (χ4v) is 2.69. The molecule has 1 aliphatic rings. The molecular formula is C16H20N2O4S. The number of benzene rings is 2. The molecule has 0 radical (unpaired) electrons. The molecule has 1 heterocycles. The maximum atomic E-state index is 9.56. The minimum absolute atomic E-state index is 0.0289. The van der Waals surface area contributed by atoms with Gasteiger partial charge in [-0.1, -0.05) is 24.3 Å². The van der Waals surface area contributed by atoms with Crippen LogP contribution in [0.15, 0.2) is 48.5 Å². The molecule has 0 amide bonds. The highest BCUT2D eigenvalue weighted by Gasteiger charge is 2.19. The maximum absolute atomic E-state index is 9.56. The van der Waals surface area contributed by atoms with E-state index in [4.69, 9.17) is 4.55 Å². The zero-order valence-electron chi connectivity index (χ0n) is 13.1. The smallest absolute Gasteiger partial charge is 0.352 e. The molecule has 0 aromatic heterocycles. The Bertz CT molecular complexity index is 717. The van der Waals surface area contributed by atoms with E-state index in [0.29, 0.717) is 0 Å². The number of para-hydroxylation sites is 4. The average Bonchev–Trinajstić information content (AvgIpc) is 2.52. The number of nitrogens with zero attached hydrogens (tertiary/aromatic N) is 1. The number of hydrogen-bond donors (Lipinski definition) is 2. The quantitative estimate of drug-likeness (QED) is 0.832. The summed E-state index contributed by atoms with van der Waals surface area (Å²) in [5, 5.41) is 3.46. The average molecular weight is 336 g/mol. The highest BCUT2D eigenvalue weighted by molar-refractivity contribution is 7.80. The molecule has 0 saturated carbocycles. The van der Waals surface area contributed by atoms with Crippen LogP contribution >= 0.6 is 0 Å². The summed E-state index contributed by atoms with van der Waals surface area (Å²) in [7, 11) is -4.17. The molecule has 0 spiro atoms. The third kappa shape index (κ3) is 4.44.